The Labute approximate surface area is 136 Å². The number of hydrogen-bond acceptors (Lipinski definition) is 4. The van der Waals surface area contributed by atoms with E-state index in [1.165, 1.54) is 34.6 Å². The van der Waals surface area contributed by atoms with Crippen LogP contribution < -0.4 is 0 Å². The standard InChI is InChI=1S/C16H15FN2O3S/c17-11-5-3-10(4-6-11)8-14-18-9-13(23-14)15(20)19-7-1-2-12(19)16(21)22/h3-6,9,12H,1-2,7-8H2,(H,21,22)/t12-/m0/s1. The smallest absolute Gasteiger partial charge is 0.326 e. The van der Waals surface area contributed by atoms with Gasteiger partial charge in [0, 0.05) is 13.0 Å². The summed E-state index contributed by atoms with van der Waals surface area (Å²) >= 11 is 1.25. The largest absolute Gasteiger partial charge is 0.480 e. The van der Waals surface area contributed by atoms with Crippen LogP contribution in [0.4, 0.5) is 4.39 Å². The first-order valence-corrected chi connectivity index (χ1v) is 8.09. The molecule has 120 valence electrons. The second-order valence-corrected chi connectivity index (χ2v) is 6.53. The van der Waals surface area contributed by atoms with Gasteiger partial charge in [-0.3, -0.25) is 4.79 Å². The molecule has 3 rings (SSSR count). The highest BCUT2D eigenvalue weighted by Crippen LogP contribution is 2.24. The minimum Gasteiger partial charge on any atom is -0.480 e. The lowest BCUT2D eigenvalue weighted by Gasteiger charge is -2.20. The topological polar surface area (TPSA) is 70.5 Å². The van der Waals surface area contributed by atoms with E-state index in [0.717, 1.165) is 10.6 Å². The number of carbonyl (C=O) groups is 2. The number of hydrogen-bond donors (Lipinski definition) is 1. The molecule has 5 nitrogen and oxygen atoms in total. The summed E-state index contributed by atoms with van der Waals surface area (Å²) in [6.45, 7) is 0.459. The quantitative estimate of drug-likeness (QED) is 0.933. The van der Waals surface area contributed by atoms with Crippen LogP contribution in [0.1, 0.15) is 33.1 Å². The number of carboxylic acid groups (broad SMARTS) is 1. The lowest BCUT2D eigenvalue weighted by Crippen LogP contribution is -2.40. The first-order valence-electron chi connectivity index (χ1n) is 7.27. The molecule has 23 heavy (non-hydrogen) atoms. The van der Waals surface area contributed by atoms with Crippen molar-refractivity contribution in [3.05, 3.63) is 51.7 Å². The molecule has 2 aromatic rings. The van der Waals surface area contributed by atoms with Crippen molar-refractivity contribution < 1.29 is 19.1 Å². The molecule has 0 aliphatic carbocycles. The Morgan fingerprint density at radius 3 is 2.78 bits per heavy atom. The molecule has 1 aromatic heterocycles. The minimum atomic E-state index is -0.966. The molecule has 0 saturated carbocycles. The van der Waals surface area contributed by atoms with Crippen LogP contribution in [0.3, 0.4) is 0 Å². The van der Waals surface area contributed by atoms with Crippen LogP contribution >= 0.6 is 11.3 Å². The molecule has 1 atom stereocenters. The van der Waals surface area contributed by atoms with Crippen LogP contribution in [0.15, 0.2) is 30.5 Å². The van der Waals surface area contributed by atoms with E-state index in [4.69, 9.17) is 5.11 Å². The average Bonchev–Trinajstić information content (AvgIpc) is 3.18. The van der Waals surface area contributed by atoms with Crippen molar-refractivity contribution in [1.82, 2.24) is 9.88 Å². The molecule has 1 aliphatic rings. The van der Waals surface area contributed by atoms with Crippen LogP contribution in [0.2, 0.25) is 0 Å². The van der Waals surface area contributed by atoms with Gasteiger partial charge in [0.15, 0.2) is 0 Å². The Hall–Kier alpha value is -2.28. The second kappa shape index (κ2) is 6.45. The maximum absolute atomic E-state index is 12.9. The number of aliphatic carboxylic acids is 1. The van der Waals surface area contributed by atoms with Gasteiger partial charge in [0.25, 0.3) is 5.91 Å². The fourth-order valence-electron chi connectivity index (χ4n) is 2.68. The van der Waals surface area contributed by atoms with Crippen LogP contribution in [0.5, 0.6) is 0 Å². The number of halogens is 1. The second-order valence-electron chi connectivity index (χ2n) is 5.42. The van der Waals surface area contributed by atoms with Crippen LogP contribution in [-0.2, 0) is 11.2 Å². The van der Waals surface area contributed by atoms with E-state index >= 15 is 0 Å². The Bertz CT molecular complexity index is 729. The molecule has 0 bridgehead atoms. The van der Waals surface area contributed by atoms with E-state index in [-0.39, 0.29) is 11.7 Å². The third-order valence-corrected chi connectivity index (χ3v) is 4.82. The molecular weight excluding hydrogens is 319 g/mol. The van der Waals surface area contributed by atoms with Gasteiger partial charge >= 0.3 is 5.97 Å². The first kappa shape index (κ1) is 15.6. The van der Waals surface area contributed by atoms with Crippen LogP contribution in [-0.4, -0.2) is 39.5 Å². The van der Waals surface area contributed by atoms with Gasteiger partial charge in [-0.25, -0.2) is 14.2 Å². The van der Waals surface area contributed by atoms with Gasteiger partial charge in [-0.2, -0.15) is 0 Å². The number of rotatable bonds is 4. The van der Waals surface area contributed by atoms with Gasteiger partial charge in [-0.1, -0.05) is 12.1 Å². The van der Waals surface area contributed by atoms with Crippen molar-refractivity contribution in [2.75, 3.05) is 6.54 Å². The summed E-state index contributed by atoms with van der Waals surface area (Å²) in [7, 11) is 0. The zero-order chi connectivity index (χ0) is 16.4. The number of thiazole rings is 1. The van der Waals surface area contributed by atoms with Crippen molar-refractivity contribution in [2.24, 2.45) is 0 Å². The molecule has 1 aliphatic heterocycles. The van der Waals surface area contributed by atoms with E-state index in [1.807, 2.05) is 0 Å². The number of nitrogens with zero attached hydrogens (tertiary/aromatic N) is 2. The Morgan fingerprint density at radius 2 is 2.09 bits per heavy atom. The SMILES string of the molecule is O=C(O)[C@@H]1CCCN1C(=O)c1cnc(Cc2ccc(F)cc2)s1. The van der Waals surface area contributed by atoms with Crippen molar-refractivity contribution in [2.45, 2.75) is 25.3 Å². The number of carboxylic acids is 1. The molecule has 1 amide bonds. The highest BCUT2D eigenvalue weighted by Gasteiger charge is 2.35. The summed E-state index contributed by atoms with van der Waals surface area (Å²) in [5.41, 5.74) is 0.907. The summed E-state index contributed by atoms with van der Waals surface area (Å²) in [5.74, 6) is -1.54. The molecule has 0 unspecified atom stereocenters. The fourth-order valence-corrected chi connectivity index (χ4v) is 3.58. The van der Waals surface area contributed by atoms with Crippen molar-refractivity contribution in [3.8, 4) is 0 Å². The van der Waals surface area contributed by atoms with Crippen molar-refractivity contribution in [3.63, 3.8) is 0 Å². The maximum atomic E-state index is 12.9. The molecule has 2 heterocycles. The van der Waals surface area contributed by atoms with Gasteiger partial charge in [0.05, 0.1) is 11.2 Å². The Morgan fingerprint density at radius 1 is 1.35 bits per heavy atom. The highest BCUT2D eigenvalue weighted by molar-refractivity contribution is 7.13. The van der Waals surface area contributed by atoms with Crippen LogP contribution in [0, 0.1) is 5.82 Å². The summed E-state index contributed by atoms with van der Waals surface area (Å²) in [4.78, 5) is 29.7. The number of benzene rings is 1. The highest BCUT2D eigenvalue weighted by atomic mass is 32.1. The molecule has 1 aromatic carbocycles. The van der Waals surface area contributed by atoms with E-state index in [1.54, 1.807) is 12.1 Å². The number of likely N-dealkylation sites (tertiary alicyclic amines) is 1. The first-order chi connectivity index (χ1) is 11.0. The summed E-state index contributed by atoms with van der Waals surface area (Å²) in [6.07, 6.45) is 3.19. The van der Waals surface area contributed by atoms with Crippen molar-refractivity contribution in [1.29, 1.82) is 0 Å². The van der Waals surface area contributed by atoms with Crippen LogP contribution in [0.25, 0.3) is 0 Å². The predicted molar refractivity (Wildman–Crippen MR) is 83.0 cm³/mol. The molecule has 0 spiro atoms. The average molecular weight is 334 g/mol. The Kier molecular flexibility index (Phi) is 4.38. The van der Waals surface area contributed by atoms with Crippen molar-refractivity contribution >= 4 is 23.2 Å². The van der Waals surface area contributed by atoms with E-state index < -0.39 is 12.0 Å². The number of carbonyl (C=O) groups excluding carboxylic acids is 1. The fraction of sp³-hybridized carbons (Fsp3) is 0.312. The Balaban J connectivity index is 1.72. The zero-order valence-corrected chi connectivity index (χ0v) is 13.1. The third-order valence-electron chi connectivity index (χ3n) is 3.83. The molecule has 1 saturated heterocycles. The van der Waals surface area contributed by atoms with E-state index in [0.29, 0.717) is 30.7 Å². The number of aromatic nitrogens is 1. The van der Waals surface area contributed by atoms with Gasteiger partial charge in [-0.05, 0) is 30.5 Å². The lowest BCUT2D eigenvalue weighted by atomic mass is 10.2. The third kappa shape index (κ3) is 3.39. The zero-order valence-electron chi connectivity index (χ0n) is 12.2. The van der Waals surface area contributed by atoms with E-state index in [2.05, 4.69) is 4.98 Å². The van der Waals surface area contributed by atoms with Gasteiger partial charge in [0.1, 0.15) is 16.7 Å². The summed E-state index contributed by atoms with van der Waals surface area (Å²) in [5, 5.41) is 9.91. The lowest BCUT2D eigenvalue weighted by molar-refractivity contribution is -0.141. The molecule has 1 N–H and O–H groups in total. The number of amides is 1. The maximum Gasteiger partial charge on any atom is 0.326 e. The molecule has 7 heteroatoms. The predicted octanol–water partition coefficient (Wildman–Crippen LogP) is 2.56. The summed E-state index contributed by atoms with van der Waals surface area (Å²) < 4.78 is 12.9. The summed E-state index contributed by atoms with van der Waals surface area (Å²) in [6, 6.07) is 5.39. The van der Waals surface area contributed by atoms with Gasteiger partial charge in [-0.15, -0.1) is 11.3 Å². The van der Waals surface area contributed by atoms with Gasteiger partial charge < -0.3 is 10.0 Å². The normalized spacial score (nSPS) is 17.4. The molecule has 1 fully saturated rings. The molecule has 0 radical (unpaired) electrons. The molecular formula is C16H15FN2O3S. The minimum absolute atomic E-state index is 0.280. The van der Waals surface area contributed by atoms with E-state index in [9.17, 15) is 14.0 Å². The van der Waals surface area contributed by atoms with Gasteiger partial charge in [0.2, 0.25) is 0 Å². The monoisotopic (exact) mass is 334 g/mol.